The molecule has 12 heteroatoms. The van der Waals surface area contributed by atoms with Crippen LogP contribution in [0.15, 0.2) is 91.0 Å². The van der Waals surface area contributed by atoms with E-state index in [0.717, 1.165) is 33.0 Å². The Bertz CT molecular complexity index is 2590. The third-order valence-electron chi connectivity index (χ3n) is 7.71. The Hall–Kier alpha value is -6.01. The number of thiol groups is 1. The average molecular weight is 595 g/mol. The molecule has 2 aliphatic heterocycles. The van der Waals surface area contributed by atoms with Gasteiger partial charge in [0, 0.05) is 38.4 Å². The van der Waals surface area contributed by atoms with Crippen molar-refractivity contribution in [3.63, 3.8) is 0 Å². The Balaban J connectivity index is 1.51. The van der Waals surface area contributed by atoms with E-state index in [1.165, 1.54) is 0 Å². The minimum Gasteiger partial charge on any atom is -0.383 e. The molecular formula is C32H18N8O3S. The summed E-state index contributed by atoms with van der Waals surface area (Å²) in [5.41, 5.74) is 5.20. The zero-order valence-corrected chi connectivity index (χ0v) is 23.4. The van der Waals surface area contributed by atoms with Gasteiger partial charge in [-0.2, -0.15) is 8.42 Å². The first kappa shape index (κ1) is 24.6. The first-order valence-electron chi connectivity index (χ1n) is 13.7. The van der Waals surface area contributed by atoms with Crippen molar-refractivity contribution < 1.29 is 12.6 Å². The molecule has 0 amide bonds. The highest BCUT2D eigenvalue weighted by Crippen LogP contribution is 2.38. The number of rotatable bonds is 2. The molecule has 0 atom stereocenters. The van der Waals surface area contributed by atoms with Gasteiger partial charge in [0.15, 0.2) is 29.0 Å². The van der Waals surface area contributed by atoms with Crippen LogP contribution in [-0.2, 0) is 11.0 Å². The lowest BCUT2D eigenvalue weighted by atomic mass is 10.1. The molecule has 0 saturated carbocycles. The second-order valence-corrected chi connectivity index (χ2v) is 10.9. The first-order chi connectivity index (χ1) is 21.6. The summed E-state index contributed by atoms with van der Waals surface area (Å²) in [6, 6.07) is 28.4. The number of nitrogens with zero attached hydrogens (tertiary/aromatic N) is 6. The summed E-state index contributed by atoms with van der Waals surface area (Å²) in [4.78, 5) is 36.1. The van der Waals surface area contributed by atoms with Gasteiger partial charge in [0.1, 0.15) is 22.6 Å². The lowest BCUT2D eigenvalue weighted by molar-refractivity contribution is 0.513. The van der Waals surface area contributed by atoms with E-state index in [0.29, 0.717) is 56.7 Å². The zero-order chi connectivity index (χ0) is 29.4. The van der Waals surface area contributed by atoms with Crippen LogP contribution in [0.3, 0.4) is 0 Å². The summed E-state index contributed by atoms with van der Waals surface area (Å²) in [6.45, 7) is 0. The quantitative estimate of drug-likeness (QED) is 0.212. The highest BCUT2D eigenvalue weighted by Gasteiger charge is 2.22. The van der Waals surface area contributed by atoms with Gasteiger partial charge in [0.2, 0.25) is 0 Å². The molecule has 0 aliphatic carbocycles. The molecule has 44 heavy (non-hydrogen) atoms. The van der Waals surface area contributed by atoms with Gasteiger partial charge in [-0.25, -0.2) is 29.9 Å². The standard InChI is InChI=1S/C32H18N8O3S/c41-44(42)43-23-15-7-14-22-24(23)32-39-30-21-13-6-5-12-20(21)28(37-30)35-26-17-9-2-1-8-16(17)25(33-26)34-27-18-10-3-4-11-19(18)29(36-27)38-31(22)40-32/h1-15,44H,(H2,33,34,35,36,37,38,39,40). The molecule has 3 aromatic heterocycles. The fourth-order valence-corrected chi connectivity index (χ4v) is 6.13. The summed E-state index contributed by atoms with van der Waals surface area (Å²) >= 11 is 0. The third kappa shape index (κ3) is 3.71. The van der Waals surface area contributed by atoms with Crippen molar-refractivity contribution in [1.29, 1.82) is 0 Å². The predicted octanol–water partition coefficient (Wildman–Crippen LogP) is 5.77. The minimum atomic E-state index is -3.18. The molecule has 0 radical (unpaired) electrons. The van der Waals surface area contributed by atoms with Gasteiger partial charge in [0.05, 0.1) is 5.39 Å². The molecule has 4 aromatic carbocycles. The number of aromatic nitrogens is 8. The van der Waals surface area contributed by atoms with E-state index in [-0.39, 0.29) is 5.75 Å². The molecular weight excluding hydrogens is 576 g/mol. The second kappa shape index (κ2) is 9.24. The topological polar surface area (TPSA) is 152 Å². The Morgan fingerprint density at radius 2 is 0.864 bits per heavy atom. The normalized spacial score (nSPS) is 12.0. The van der Waals surface area contributed by atoms with Crippen LogP contribution < -0.4 is 4.18 Å². The van der Waals surface area contributed by atoms with Crippen LogP contribution >= 0.6 is 0 Å². The van der Waals surface area contributed by atoms with E-state index in [1.54, 1.807) is 12.1 Å². The monoisotopic (exact) mass is 594 g/mol. The number of nitrogens with one attached hydrogen (secondary N) is 2. The lowest BCUT2D eigenvalue weighted by Crippen LogP contribution is -1.90. The lowest BCUT2D eigenvalue weighted by Gasteiger charge is -2.00. The third-order valence-corrected chi connectivity index (χ3v) is 8.06. The van der Waals surface area contributed by atoms with Crippen LogP contribution in [0.1, 0.15) is 0 Å². The van der Waals surface area contributed by atoms with Crippen LogP contribution in [0.2, 0.25) is 0 Å². The molecule has 210 valence electrons. The van der Waals surface area contributed by atoms with Crippen molar-refractivity contribution >= 4 is 55.1 Å². The molecule has 2 N–H and O–H groups in total. The van der Waals surface area contributed by atoms with E-state index >= 15 is 0 Å². The van der Waals surface area contributed by atoms with Crippen molar-refractivity contribution in [2.45, 2.75) is 0 Å². The van der Waals surface area contributed by atoms with Crippen LogP contribution in [0, 0.1) is 0 Å². The van der Waals surface area contributed by atoms with E-state index in [2.05, 4.69) is 9.97 Å². The van der Waals surface area contributed by atoms with Crippen molar-refractivity contribution in [3.8, 4) is 51.3 Å². The first-order valence-corrected chi connectivity index (χ1v) is 14.8. The van der Waals surface area contributed by atoms with Gasteiger partial charge in [-0.1, -0.05) is 84.9 Å². The summed E-state index contributed by atoms with van der Waals surface area (Å²) in [6.07, 6.45) is 0. The van der Waals surface area contributed by atoms with Crippen molar-refractivity contribution in [2.24, 2.45) is 0 Å². The van der Waals surface area contributed by atoms with Gasteiger partial charge in [0.25, 0.3) is 11.0 Å². The highest BCUT2D eigenvalue weighted by molar-refractivity contribution is 7.67. The van der Waals surface area contributed by atoms with Crippen LogP contribution in [0.4, 0.5) is 0 Å². The molecule has 5 heterocycles. The molecule has 0 saturated heterocycles. The van der Waals surface area contributed by atoms with Crippen LogP contribution in [-0.4, -0.2) is 48.3 Å². The minimum absolute atomic E-state index is 0.120. The van der Waals surface area contributed by atoms with Gasteiger partial charge < -0.3 is 14.2 Å². The summed E-state index contributed by atoms with van der Waals surface area (Å²) < 4.78 is 28.5. The summed E-state index contributed by atoms with van der Waals surface area (Å²) in [5.74, 6) is 1.95. The Morgan fingerprint density at radius 3 is 1.36 bits per heavy atom. The number of benzene rings is 4. The molecule has 2 aliphatic rings. The summed E-state index contributed by atoms with van der Waals surface area (Å²) in [5, 5.41) is 2.83. The van der Waals surface area contributed by atoms with Gasteiger partial charge in [-0.05, 0) is 6.07 Å². The van der Waals surface area contributed by atoms with Gasteiger partial charge in [-0.15, -0.1) is 0 Å². The maximum absolute atomic E-state index is 11.7. The number of H-pyrrole nitrogens is 2. The van der Waals surface area contributed by atoms with Crippen molar-refractivity contribution in [2.75, 3.05) is 0 Å². The zero-order valence-electron chi connectivity index (χ0n) is 22.5. The fourth-order valence-electron chi connectivity index (χ4n) is 5.81. The van der Waals surface area contributed by atoms with Crippen molar-refractivity contribution in [3.05, 3.63) is 91.0 Å². The molecule has 7 aromatic rings. The van der Waals surface area contributed by atoms with Crippen molar-refractivity contribution in [1.82, 2.24) is 39.9 Å². The Morgan fingerprint density at radius 1 is 0.455 bits per heavy atom. The maximum atomic E-state index is 11.7. The van der Waals surface area contributed by atoms with Gasteiger partial charge >= 0.3 is 0 Å². The van der Waals surface area contributed by atoms with E-state index in [1.807, 2.05) is 78.9 Å². The molecule has 0 unspecified atom stereocenters. The summed E-state index contributed by atoms with van der Waals surface area (Å²) in [7, 11) is -3.18. The number of hydrogen-bond acceptors (Lipinski definition) is 9. The number of aromatic amines is 2. The number of hydrogen-bond donors (Lipinski definition) is 3. The Labute approximate surface area is 249 Å². The molecule has 8 bridgehead atoms. The average Bonchev–Trinajstić information content (AvgIpc) is 3.77. The highest BCUT2D eigenvalue weighted by atomic mass is 32.2. The fraction of sp³-hybridized carbons (Fsp3) is 0. The van der Waals surface area contributed by atoms with E-state index in [9.17, 15) is 8.42 Å². The number of fused-ring (bicyclic) bond motifs is 20. The second-order valence-electron chi connectivity index (χ2n) is 10.2. The van der Waals surface area contributed by atoms with Crippen LogP contribution in [0.5, 0.6) is 5.75 Å². The smallest absolute Gasteiger partial charge is 0.299 e. The molecule has 9 rings (SSSR count). The Kier molecular flexibility index (Phi) is 5.16. The van der Waals surface area contributed by atoms with Gasteiger partial charge in [-0.3, -0.25) is 0 Å². The SMILES string of the molecule is O=[SH](=O)Oc1cccc2c3nc4nc(nc5[nH]c(nc6nc(nc([nH]3)c12)-c1ccccc1-6)c1ccccc51)-c1ccccc1-4. The maximum Gasteiger partial charge on any atom is 0.299 e. The van der Waals surface area contributed by atoms with E-state index in [4.69, 9.17) is 34.1 Å². The molecule has 11 nitrogen and oxygen atoms in total. The van der Waals surface area contributed by atoms with Crippen LogP contribution in [0.25, 0.3) is 89.7 Å². The molecule has 0 fully saturated rings. The largest absolute Gasteiger partial charge is 0.383 e. The predicted molar refractivity (Wildman–Crippen MR) is 167 cm³/mol. The van der Waals surface area contributed by atoms with E-state index < -0.39 is 11.0 Å². The molecule has 0 spiro atoms.